The lowest BCUT2D eigenvalue weighted by Gasteiger charge is -2.13. The molecule has 0 amide bonds. The van der Waals surface area contributed by atoms with Gasteiger partial charge in [-0.05, 0) is 81.9 Å². The Kier molecular flexibility index (Phi) is 7.14. The molecule has 0 saturated carbocycles. The van der Waals surface area contributed by atoms with Crippen LogP contribution in [0.1, 0.15) is 0 Å². The van der Waals surface area contributed by atoms with Gasteiger partial charge < -0.3 is 4.42 Å². The van der Waals surface area contributed by atoms with Crippen molar-refractivity contribution in [2.24, 2.45) is 0 Å². The molecule has 2 heterocycles. The number of hydrogen-bond acceptors (Lipinski definition) is 3. The van der Waals surface area contributed by atoms with Crippen molar-refractivity contribution in [3.8, 4) is 67.3 Å². The van der Waals surface area contributed by atoms with E-state index in [1.807, 2.05) is 24.3 Å². The second kappa shape index (κ2) is 12.2. The Morgan fingerprint density at radius 2 is 0.776 bits per heavy atom. The molecule has 3 nitrogen and oxygen atoms in total. The molecule has 0 fully saturated rings. The van der Waals surface area contributed by atoms with Crippen molar-refractivity contribution < 1.29 is 4.42 Å². The van der Waals surface area contributed by atoms with E-state index in [1.54, 1.807) is 0 Å². The first kappa shape index (κ1) is 28.6. The molecule has 0 bridgehead atoms. The Hall–Kier alpha value is -6.58. The summed E-state index contributed by atoms with van der Waals surface area (Å²) in [5.74, 6) is 0.685. The van der Waals surface area contributed by atoms with E-state index >= 15 is 0 Å². The van der Waals surface area contributed by atoms with Crippen LogP contribution in [-0.2, 0) is 0 Å². The molecule has 0 aliphatic rings. The average Bonchev–Trinajstić information content (AvgIpc) is 3.57. The van der Waals surface area contributed by atoms with Gasteiger partial charge >= 0.3 is 0 Å². The van der Waals surface area contributed by atoms with E-state index < -0.39 is 0 Å². The van der Waals surface area contributed by atoms with Gasteiger partial charge in [0.05, 0.1) is 11.4 Å². The van der Waals surface area contributed by atoms with Gasteiger partial charge in [-0.25, -0.2) is 9.97 Å². The molecule has 0 saturated heterocycles. The number of hydrogen-bond donors (Lipinski definition) is 0. The van der Waals surface area contributed by atoms with Crippen LogP contribution in [0.3, 0.4) is 0 Å². The SMILES string of the molecule is c1ccc(-c2cc(-c3ccc4c(c3)oc3ccccc34)cc(-c3cc(-c4ccccc4)nc(-c4cccc(-c5ccccc5)c4)n3)c2)cc1. The van der Waals surface area contributed by atoms with Crippen molar-refractivity contribution in [3.63, 3.8) is 0 Å². The van der Waals surface area contributed by atoms with Gasteiger partial charge in [0.25, 0.3) is 0 Å². The van der Waals surface area contributed by atoms with Gasteiger partial charge in [-0.15, -0.1) is 0 Å². The minimum absolute atomic E-state index is 0.685. The molecule has 9 rings (SSSR count). The van der Waals surface area contributed by atoms with Gasteiger partial charge in [-0.2, -0.15) is 0 Å². The molecule has 0 atom stereocenters. The highest BCUT2D eigenvalue weighted by Crippen LogP contribution is 2.37. The number of aromatic nitrogens is 2. The Labute approximate surface area is 284 Å². The van der Waals surface area contributed by atoms with Crippen LogP contribution in [0.2, 0.25) is 0 Å². The van der Waals surface area contributed by atoms with Crippen molar-refractivity contribution in [2.45, 2.75) is 0 Å². The number of furan rings is 1. The van der Waals surface area contributed by atoms with Gasteiger partial charge in [-0.1, -0.05) is 133 Å². The van der Waals surface area contributed by atoms with Gasteiger partial charge in [-0.3, -0.25) is 0 Å². The van der Waals surface area contributed by atoms with Gasteiger partial charge in [0.1, 0.15) is 11.2 Å². The van der Waals surface area contributed by atoms with Gasteiger partial charge in [0.2, 0.25) is 0 Å². The molecule has 3 heteroatoms. The summed E-state index contributed by atoms with van der Waals surface area (Å²) in [6.45, 7) is 0. The predicted octanol–water partition coefficient (Wildman–Crippen LogP) is 12.4. The molecule has 2 aromatic heterocycles. The van der Waals surface area contributed by atoms with E-state index in [-0.39, 0.29) is 0 Å². The van der Waals surface area contributed by atoms with Crippen LogP contribution in [0, 0.1) is 0 Å². The molecule has 0 aliphatic carbocycles. The summed E-state index contributed by atoms with van der Waals surface area (Å²) < 4.78 is 6.29. The van der Waals surface area contributed by atoms with Crippen LogP contribution < -0.4 is 0 Å². The first-order chi connectivity index (χ1) is 24.2. The number of para-hydroxylation sites is 1. The monoisotopic (exact) mass is 626 g/mol. The van der Waals surface area contributed by atoms with Crippen molar-refractivity contribution >= 4 is 21.9 Å². The Balaban J connectivity index is 1.24. The summed E-state index contributed by atoms with van der Waals surface area (Å²) in [6.07, 6.45) is 0. The predicted molar refractivity (Wildman–Crippen MR) is 202 cm³/mol. The summed E-state index contributed by atoms with van der Waals surface area (Å²) in [4.78, 5) is 10.4. The number of fused-ring (bicyclic) bond motifs is 3. The van der Waals surface area contributed by atoms with Gasteiger partial charge in [0.15, 0.2) is 5.82 Å². The standard InChI is InChI=1S/C46H30N2O/c1-4-13-31(14-5-1)34-19-12-20-36(25-34)46-47-42(33-17-8-3-9-18-33)30-43(48-46)39-27-37(32-15-6-2-7-16-32)26-38(28-39)35-23-24-41-40-21-10-11-22-44(40)49-45(41)29-35/h1-30H. The summed E-state index contributed by atoms with van der Waals surface area (Å²) in [5, 5.41) is 2.24. The van der Waals surface area contributed by atoms with Crippen LogP contribution in [0.15, 0.2) is 186 Å². The quantitative estimate of drug-likeness (QED) is 0.184. The summed E-state index contributed by atoms with van der Waals surface area (Å²) in [6, 6.07) is 63.3. The fourth-order valence-corrected chi connectivity index (χ4v) is 6.59. The molecule has 0 spiro atoms. The lowest BCUT2D eigenvalue weighted by molar-refractivity contribution is 0.669. The molecule has 9 aromatic rings. The maximum Gasteiger partial charge on any atom is 0.160 e. The van der Waals surface area contributed by atoms with Crippen LogP contribution >= 0.6 is 0 Å². The van der Waals surface area contributed by atoms with Crippen molar-refractivity contribution in [1.29, 1.82) is 0 Å². The molecule has 0 unspecified atom stereocenters. The zero-order valence-corrected chi connectivity index (χ0v) is 26.6. The zero-order chi connectivity index (χ0) is 32.6. The fourth-order valence-electron chi connectivity index (χ4n) is 6.59. The Bertz CT molecular complexity index is 2590. The van der Waals surface area contributed by atoms with Crippen LogP contribution in [0.25, 0.3) is 89.2 Å². The first-order valence-electron chi connectivity index (χ1n) is 16.5. The third-order valence-electron chi connectivity index (χ3n) is 9.07. The van der Waals surface area contributed by atoms with E-state index in [0.717, 1.165) is 83.4 Å². The van der Waals surface area contributed by atoms with E-state index in [4.69, 9.17) is 14.4 Å². The lowest BCUT2D eigenvalue weighted by atomic mass is 9.94. The molecule has 230 valence electrons. The van der Waals surface area contributed by atoms with E-state index in [0.29, 0.717) is 5.82 Å². The second-order valence-electron chi connectivity index (χ2n) is 12.2. The van der Waals surface area contributed by atoms with Gasteiger partial charge in [0, 0.05) is 27.5 Å². The number of rotatable bonds is 6. The van der Waals surface area contributed by atoms with Crippen molar-refractivity contribution in [1.82, 2.24) is 9.97 Å². The minimum atomic E-state index is 0.685. The molecule has 0 N–H and O–H groups in total. The highest BCUT2D eigenvalue weighted by Gasteiger charge is 2.15. The summed E-state index contributed by atoms with van der Waals surface area (Å²) in [5.41, 5.74) is 13.2. The van der Waals surface area contributed by atoms with Crippen LogP contribution in [0.4, 0.5) is 0 Å². The zero-order valence-electron chi connectivity index (χ0n) is 26.6. The molecule has 49 heavy (non-hydrogen) atoms. The second-order valence-corrected chi connectivity index (χ2v) is 12.2. The summed E-state index contributed by atoms with van der Waals surface area (Å²) in [7, 11) is 0. The maximum atomic E-state index is 6.29. The number of benzene rings is 7. The molecule has 7 aromatic carbocycles. The third kappa shape index (κ3) is 5.58. The minimum Gasteiger partial charge on any atom is -0.456 e. The normalized spacial score (nSPS) is 11.3. The smallest absolute Gasteiger partial charge is 0.160 e. The molecular formula is C46H30N2O. The lowest BCUT2D eigenvalue weighted by Crippen LogP contribution is -1.97. The Morgan fingerprint density at radius 1 is 0.286 bits per heavy atom. The highest BCUT2D eigenvalue weighted by atomic mass is 16.3. The maximum absolute atomic E-state index is 6.29. The molecule has 0 aliphatic heterocycles. The van der Waals surface area contributed by atoms with Crippen molar-refractivity contribution in [2.75, 3.05) is 0 Å². The number of nitrogens with zero attached hydrogens (tertiary/aromatic N) is 2. The molecular weight excluding hydrogens is 597 g/mol. The first-order valence-corrected chi connectivity index (χ1v) is 16.5. The van der Waals surface area contributed by atoms with Crippen molar-refractivity contribution in [3.05, 3.63) is 182 Å². The van der Waals surface area contributed by atoms with Crippen LogP contribution in [-0.4, -0.2) is 9.97 Å². The fraction of sp³-hybridized carbons (Fsp3) is 0. The van der Waals surface area contributed by atoms with E-state index in [1.165, 1.54) is 0 Å². The van der Waals surface area contributed by atoms with Crippen LogP contribution in [0.5, 0.6) is 0 Å². The summed E-state index contributed by atoms with van der Waals surface area (Å²) >= 11 is 0. The highest BCUT2D eigenvalue weighted by molar-refractivity contribution is 6.06. The molecule has 0 radical (unpaired) electrons. The third-order valence-corrected chi connectivity index (χ3v) is 9.07. The van der Waals surface area contributed by atoms with E-state index in [2.05, 4.69) is 158 Å². The van der Waals surface area contributed by atoms with E-state index in [9.17, 15) is 0 Å². The Morgan fingerprint density at radius 3 is 1.51 bits per heavy atom. The average molecular weight is 627 g/mol. The topological polar surface area (TPSA) is 38.9 Å². The largest absolute Gasteiger partial charge is 0.456 e.